The van der Waals surface area contributed by atoms with E-state index >= 15 is 0 Å². The molecule has 5 rings (SSSR count). The number of amides is 2. The lowest BCUT2D eigenvalue weighted by atomic mass is 9.76. The molecule has 0 aliphatic carbocycles. The summed E-state index contributed by atoms with van der Waals surface area (Å²) in [6, 6.07) is 8.43. The van der Waals surface area contributed by atoms with Crippen molar-refractivity contribution in [3.63, 3.8) is 0 Å². The average molecular weight is 338 g/mol. The van der Waals surface area contributed by atoms with Crippen LogP contribution in [0.2, 0.25) is 0 Å². The highest BCUT2D eigenvalue weighted by atomic mass is 16.7. The summed E-state index contributed by atoms with van der Waals surface area (Å²) < 4.78 is 17.2. The number of carbonyl (C=O) groups is 2. The third-order valence-electron chi connectivity index (χ3n) is 5.32. The summed E-state index contributed by atoms with van der Waals surface area (Å²) in [6.45, 7) is 0.875. The number of rotatable bonds is 2. The Morgan fingerprint density at radius 1 is 1.12 bits per heavy atom. The fourth-order valence-electron chi connectivity index (χ4n) is 4.27. The van der Waals surface area contributed by atoms with Crippen molar-refractivity contribution in [3.8, 4) is 6.07 Å². The minimum atomic E-state index is -1.04. The third kappa shape index (κ3) is 1.79. The zero-order valence-corrected chi connectivity index (χ0v) is 13.1. The molecule has 4 aliphatic heterocycles. The predicted molar refractivity (Wildman–Crippen MR) is 83.1 cm³/mol. The number of nitriles is 1. The van der Waals surface area contributed by atoms with Crippen LogP contribution in [0.25, 0.3) is 0 Å². The maximum absolute atomic E-state index is 13.1. The summed E-state index contributed by atoms with van der Waals surface area (Å²) in [4.78, 5) is 27.3. The summed E-state index contributed by atoms with van der Waals surface area (Å²) >= 11 is 0. The highest BCUT2D eigenvalue weighted by Gasteiger charge is 2.71. The number of anilines is 1. The van der Waals surface area contributed by atoms with Gasteiger partial charge < -0.3 is 14.2 Å². The highest BCUT2D eigenvalue weighted by molar-refractivity contribution is 6.23. The molecule has 0 spiro atoms. The first kappa shape index (κ1) is 14.8. The highest BCUT2D eigenvalue weighted by Crippen LogP contribution is 2.55. The van der Waals surface area contributed by atoms with Crippen LogP contribution >= 0.6 is 0 Å². The summed E-state index contributed by atoms with van der Waals surface area (Å²) in [6.07, 6.45) is 2.50. The zero-order chi connectivity index (χ0) is 17.2. The van der Waals surface area contributed by atoms with E-state index in [1.165, 1.54) is 4.90 Å². The number of hydrogen-bond donors (Lipinski definition) is 0. The molecule has 2 amide bonds. The molecule has 2 bridgehead atoms. The Kier molecular flexibility index (Phi) is 2.95. The molecular weight excluding hydrogens is 324 g/mol. The van der Waals surface area contributed by atoms with Crippen LogP contribution in [0.5, 0.6) is 0 Å². The van der Waals surface area contributed by atoms with Gasteiger partial charge in [0.05, 0.1) is 48.5 Å². The number of hydrogen-bond acceptors (Lipinski definition) is 6. The molecule has 3 fully saturated rings. The van der Waals surface area contributed by atoms with Gasteiger partial charge in [-0.15, -0.1) is 0 Å². The molecule has 0 radical (unpaired) electrons. The number of nitrogens with zero attached hydrogens (tertiary/aromatic N) is 2. The third-order valence-corrected chi connectivity index (χ3v) is 5.32. The molecule has 0 saturated carbocycles. The van der Waals surface area contributed by atoms with E-state index in [4.69, 9.17) is 19.5 Å². The van der Waals surface area contributed by atoms with E-state index in [9.17, 15) is 9.59 Å². The van der Waals surface area contributed by atoms with Crippen LogP contribution < -0.4 is 4.90 Å². The van der Waals surface area contributed by atoms with Crippen molar-refractivity contribution in [3.05, 3.63) is 42.0 Å². The Bertz CT molecular complexity index is 836. The van der Waals surface area contributed by atoms with Crippen LogP contribution in [-0.4, -0.2) is 43.0 Å². The minimum absolute atomic E-state index is 0.283. The molecule has 4 aliphatic rings. The molecule has 7 heteroatoms. The summed E-state index contributed by atoms with van der Waals surface area (Å²) in [5.74, 6) is -1.82. The van der Waals surface area contributed by atoms with Gasteiger partial charge in [-0.2, -0.15) is 5.26 Å². The molecule has 126 valence electrons. The molecule has 1 aromatic carbocycles. The van der Waals surface area contributed by atoms with Crippen LogP contribution in [0.15, 0.2) is 36.4 Å². The largest absolute Gasteiger partial charge is 0.357 e. The van der Waals surface area contributed by atoms with Gasteiger partial charge in [0.15, 0.2) is 11.9 Å². The second kappa shape index (κ2) is 4.99. The first-order valence-electron chi connectivity index (χ1n) is 8.14. The normalized spacial score (nSPS) is 36.3. The molecule has 0 aromatic heterocycles. The molecule has 3 saturated heterocycles. The first-order chi connectivity index (χ1) is 12.2. The van der Waals surface area contributed by atoms with Crippen molar-refractivity contribution < 1.29 is 23.8 Å². The maximum atomic E-state index is 13.1. The number of imide groups is 1. The van der Waals surface area contributed by atoms with Gasteiger partial charge in [0.25, 0.3) is 0 Å². The van der Waals surface area contributed by atoms with Gasteiger partial charge in [0.2, 0.25) is 11.8 Å². The molecule has 0 N–H and O–H groups in total. The summed E-state index contributed by atoms with van der Waals surface area (Å²) in [5.41, 5.74) is -0.108. The Labute approximate surface area is 143 Å². The van der Waals surface area contributed by atoms with Gasteiger partial charge in [0, 0.05) is 0 Å². The molecule has 25 heavy (non-hydrogen) atoms. The molecule has 0 unspecified atom stereocenters. The Hall–Kier alpha value is -2.53. The van der Waals surface area contributed by atoms with E-state index in [0.717, 1.165) is 0 Å². The number of fused-ring (bicyclic) bond motifs is 5. The predicted octanol–water partition coefficient (Wildman–Crippen LogP) is 0.744. The van der Waals surface area contributed by atoms with Crippen molar-refractivity contribution in [2.24, 2.45) is 11.8 Å². The smallest absolute Gasteiger partial charge is 0.241 e. The Balaban J connectivity index is 1.54. The lowest BCUT2D eigenvalue weighted by Crippen LogP contribution is -2.49. The van der Waals surface area contributed by atoms with Gasteiger partial charge in [0.1, 0.15) is 0 Å². The topological polar surface area (TPSA) is 88.9 Å². The minimum Gasteiger partial charge on any atom is -0.357 e. The fraction of sp³-hybridized carbons (Fsp3) is 0.389. The monoisotopic (exact) mass is 338 g/mol. The number of ether oxygens (including phenoxy) is 3. The van der Waals surface area contributed by atoms with Gasteiger partial charge in [-0.1, -0.05) is 6.08 Å². The van der Waals surface area contributed by atoms with Crippen LogP contribution in [0.1, 0.15) is 5.56 Å². The second-order valence-corrected chi connectivity index (χ2v) is 6.54. The van der Waals surface area contributed by atoms with E-state index in [1.54, 1.807) is 24.3 Å². The van der Waals surface area contributed by atoms with Crippen molar-refractivity contribution in [2.45, 2.75) is 18.0 Å². The van der Waals surface area contributed by atoms with Crippen LogP contribution in [0.4, 0.5) is 5.69 Å². The fourth-order valence-corrected chi connectivity index (χ4v) is 4.27. The first-order valence-corrected chi connectivity index (χ1v) is 8.14. The second-order valence-electron chi connectivity index (χ2n) is 6.54. The van der Waals surface area contributed by atoms with Crippen molar-refractivity contribution in [1.82, 2.24) is 0 Å². The molecule has 4 atom stereocenters. The molecular formula is C18H14N2O5. The van der Waals surface area contributed by atoms with Crippen molar-refractivity contribution in [1.29, 1.82) is 5.26 Å². The molecule has 1 aromatic rings. The lowest BCUT2D eigenvalue weighted by Gasteiger charge is -2.32. The van der Waals surface area contributed by atoms with E-state index in [-0.39, 0.29) is 11.8 Å². The number of benzene rings is 1. The maximum Gasteiger partial charge on any atom is 0.241 e. The van der Waals surface area contributed by atoms with Gasteiger partial charge in [-0.25, -0.2) is 4.90 Å². The van der Waals surface area contributed by atoms with Crippen LogP contribution in [-0.2, 0) is 23.8 Å². The summed E-state index contributed by atoms with van der Waals surface area (Å²) in [5, 5.41) is 8.91. The number of carbonyl (C=O) groups excluding carboxylic acids is 2. The van der Waals surface area contributed by atoms with E-state index < -0.39 is 29.8 Å². The lowest BCUT2D eigenvalue weighted by molar-refractivity contribution is -0.180. The SMILES string of the molecule is N#Cc1ccc(N2C(=O)[C@H]3[C@H]4C=C[C@@](C5OCCO5)(O4)[C@H]3C2=O)cc1. The van der Waals surface area contributed by atoms with E-state index in [2.05, 4.69) is 0 Å². The average Bonchev–Trinajstić information content (AvgIpc) is 3.39. The van der Waals surface area contributed by atoms with E-state index in [1.807, 2.05) is 18.2 Å². The molecule has 7 nitrogen and oxygen atoms in total. The van der Waals surface area contributed by atoms with Gasteiger partial charge in [-0.3, -0.25) is 9.59 Å². The van der Waals surface area contributed by atoms with Crippen LogP contribution in [0, 0.1) is 23.2 Å². The van der Waals surface area contributed by atoms with Crippen LogP contribution in [0.3, 0.4) is 0 Å². The van der Waals surface area contributed by atoms with E-state index in [0.29, 0.717) is 24.5 Å². The zero-order valence-electron chi connectivity index (χ0n) is 13.1. The van der Waals surface area contributed by atoms with Gasteiger partial charge in [-0.05, 0) is 30.3 Å². The van der Waals surface area contributed by atoms with Crippen molar-refractivity contribution >= 4 is 17.5 Å². The molecule has 4 heterocycles. The van der Waals surface area contributed by atoms with Gasteiger partial charge >= 0.3 is 0 Å². The Morgan fingerprint density at radius 3 is 2.52 bits per heavy atom. The van der Waals surface area contributed by atoms with Crippen molar-refractivity contribution in [2.75, 3.05) is 18.1 Å². The standard InChI is InChI=1S/C18H14N2O5/c19-9-10-1-3-11(4-2-10)20-15(21)13-12-5-6-18(25-12,14(13)16(20)22)17-23-7-8-24-17/h1-6,12-14,17H,7-8H2/t12-,13+,14-,18-/m1/s1. The summed E-state index contributed by atoms with van der Waals surface area (Å²) in [7, 11) is 0. The Morgan fingerprint density at radius 2 is 1.84 bits per heavy atom. The quantitative estimate of drug-likeness (QED) is 0.584.